The summed E-state index contributed by atoms with van der Waals surface area (Å²) in [5.41, 5.74) is 1.35. The Bertz CT molecular complexity index is 526. The van der Waals surface area contributed by atoms with Crippen LogP contribution in [0.15, 0.2) is 17.5 Å². The third-order valence-corrected chi connectivity index (χ3v) is 6.37. The lowest BCUT2D eigenvalue weighted by atomic mass is 9.98. The monoisotopic (exact) mass is 433 g/mol. The molecule has 122 valence electrons. The maximum Gasteiger partial charge on any atom is 0.310 e. The Morgan fingerprint density at radius 1 is 1.59 bits per heavy atom. The Morgan fingerprint density at radius 3 is 3.09 bits per heavy atom. The minimum Gasteiger partial charge on any atom is -0.466 e. The highest BCUT2D eigenvalue weighted by atomic mass is 127. The van der Waals surface area contributed by atoms with Gasteiger partial charge in [0, 0.05) is 21.5 Å². The van der Waals surface area contributed by atoms with E-state index in [1.54, 1.807) is 11.3 Å². The van der Waals surface area contributed by atoms with E-state index in [0.717, 1.165) is 38.9 Å². The first-order valence-electron chi connectivity index (χ1n) is 7.91. The van der Waals surface area contributed by atoms with Crippen molar-refractivity contribution in [3.05, 3.63) is 28.0 Å². The van der Waals surface area contributed by atoms with E-state index in [0.29, 0.717) is 6.61 Å². The maximum absolute atomic E-state index is 11.9. The molecular weight excluding hydrogens is 409 g/mol. The molecule has 3 nitrogen and oxygen atoms in total. The van der Waals surface area contributed by atoms with Crippen molar-refractivity contribution in [2.75, 3.05) is 26.2 Å². The predicted octanol–water partition coefficient (Wildman–Crippen LogP) is 4.50. The van der Waals surface area contributed by atoms with Crippen molar-refractivity contribution in [1.29, 1.82) is 0 Å². The smallest absolute Gasteiger partial charge is 0.310 e. The first-order chi connectivity index (χ1) is 10.6. The number of halogens is 1. The van der Waals surface area contributed by atoms with Crippen molar-refractivity contribution >= 4 is 43.5 Å². The van der Waals surface area contributed by atoms with Crippen LogP contribution in [0, 0.1) is 12.8 Å². The van der Waals surface area contributed by atoms with Gasteiger partial charge in [0.15, 0.2) is 0 Å². The fourth-order valence-electron chi connectivity index (χ4n) is 2.80. The minimum absolute atomic E-state index is 0.0217. The van der Waals surface area contributed by atoms with Gasteiger partial charge in [-0.3, -0.25) is 4.79 Å². The second kappa shape index (κ2) is 9.03. The maximum atomic E-state index is 11.9. The average molecular weight is 433 g/mol. The second-order valence-corrected chi connectivity index (χ2v) is 7.74. The molecule has 0 spiro atoms. The summed E-state index contributed by atoms with van der Waals surface area (Å²) in [6, 6.07) is 2.17. The van der Waals surface area contributed by atoms with Crippen LogP contribution in [-0.4, -0.2) is 37.1 Å². The van der Waals surface area contributed by atoms with Gasteiger partial charge < -0.3 is 9.64 Å². The molecule has 22 heavy (non-hydrogen) atoms. The summed E-state index contributed by atoms with van der Waals surface area (Å²) < 4.78 is 6.49. The molecule has 0 unspecified atom stereocenters. The molecule has 1 aliphatic rings. The van der Waals surface area contributed by atoms with Gasteiger partial charge in [0.05, 0.1) is 12.5 Å². The number of hydrogen-bond acceptors (Lipinski definition) is 4. The van der Waals surface area contributed by atoms with Crippen LogP contribution in [0.2, 0.25) is 0 Å². The summed E-state index contributed by atoms with van der Waals surface area (Å²) in [6.07, 6.45) is 5.41. The number of hydrogen-bond donors (Lipinski definition) is 0. The number of aryl methyl sites for hydroxylation is 1. The number of carbonyl (C=O) groups is 1. The van der Waals surface area contributed by atoms with Gasteiger partial charge in [-0.1, -0.05) is 6.08 Å². The van der Waals surface area contributed by atoms with Crippen molar-refractivity contribution in [3.8, 4) is 0 Å². The molecular formula is C17H24INO2S. The first kappa shape index (κ1) is 17.9. The van der Waals surface area contributed by atoms with Crippen LogP contribution in [0.3, 0.4) is 0 Å². The number of thiophene rings is 1. The van der Waals surface area contributed by atoms with Gasteiger partial charge in [-0.15, -0.1) is 11.3 Å². The van der Waals surface area contributed by atoms with E-state index in [4.69, 9.17) is 4.74 Å². The number of piperidine rings is 1. The van der Waals surface area contributed by atoms with Crippen molar-refractivity contribution in [3.63, 3.8) is 0 Å². The fourth-order valence-corrected chi connectivity index (χ4v) is 4.77. The molecule has 0 amide bonds. The molecule has 0 aliphatic carbocycles. The molecule has 1 aromatic rings. The highest BCUT2D eigenvalue weighted by Gasteiger charge is 2.26. The summed E-state index contributed by atoms with van der Waals surface area (Å²) >= 11 is 4.23. The molecule has 0 N–H and O–H groups in total. The SMILES string of the molecule is CCOC(=O)[C@@H]1CCCN(CC/C=C(\I)c2sccc2C)C1. The molecule has 1 saturated heterocycles. The molecule has 1 aliphatic heterocycles. The highest BCUT2D eigenvalue weighted by molar-refractivity contribution is 14.1. The molecule has 0 aromatic carbocycles. The number of ether oxygens (including phenoxy) is 1. The zero-order chi connectivity index (χ0) is 15.9. The fraction of sp³-hybridized carbons (Fsp3) is 0.588. The molecule has 1 fully saturated rings. The van der Waals surface area contributed by atoms with Crippen LogP contribution in [-0.2, 0) is 9.53 Å². The first-order valence-corrected chi connectivity index (χ1v) is 9.86. The Labute approximate surface area is 150 Å². The van der Waals surface area contributed by atoms with E-state index in [1.807, 2.05) is 6.92 Å². The van der Waals surface area contributed by atoms with Crippen molar-refractivity contribution in [2.45, 2.75) is 33.1 Å². The number of rotatable bonds is 6. The lowest BCUT2D eigenvalue weighted by Gasteiger charge is -2.31. The van der Waals surface area contributed by atoms with Crippen LogP contribution >= 0.6 is 33.9 Å². The van der Waals surface area contributed by atoms with Crippen LogP contribution in [0.1, 0.15) is 36.6 Å². The van der Waals surface area contributed by atoms with E-state index < -0.39 is 0 Å². The number of esters is 1. The summed E-state index contributed by atoms with van der Waals surface area (Å²) in [7, 11) is 0. The molecule has 2 heterocycles. The van der Waals surface area contributed by atoms with Gasteiger partial charge in [0.1, 0.15) is 0 Å². The summed E-state index contributed by atoms with van der Waals surface area (Å²) in [4.78, 5) is 15.6. The second-order valence-electron chi connectivity index (χ2n) is 5.67. The zero-order valence-corrected chi connectivity index (χ0v) is 16.3. The van der Waals surface area contributed by atoms with Gasteiger partial charge in [0.25, 0.3) is 0 Å². The van der Waals surface area contributed by atoms with Crippen molar-refractivity contribution < 1.29 is 9.53 Å². The topological polar surface area (TPSA) is 29.5 Å². The Hall–Kier alpha value is -0.400. The molecule has 0 saturated carbocycles. The molecule has 1 atom stereocenters. The van der Waals surface area contributed by atoms with Crippen molar-refractivity contribution in [1.82, 2.24) is 4.90 Å². The van der Waals surface area contributed by atoms with E-state index in [-0.39, 0.29) is 11.9 Å². The lowest BCUT2D eigenvalue weighted by molar-refractivity contribution is -0.149. The third kappa shape index (κ3) is 5.06. The van der Waals surface area contributed by atoms with Crippen LogP contribution in [0.4, 0.5) is 0 Å². The van der Waals surface area contributed by atoms with E-state index >= 15 is 0 Å². The minimum atomic E-state index is -0.0217. The van der Waals surface area contributed by atoms with Gasteiger partial charge in [-0.25, -0.2) is 0 Å². The quantitative estimate of drug-likeness (QED) is 0.489. The van der Waals surface area contributed by atoms with Gasteiger partial charge >= 0.3 is 5.97 Å². The summed E-state index contributed by atoms with van der Waals surface area (Å²) in [6.45, 7) is 7.48. The number of likely N-dealkylation sites (tertiary alicyclic amines) is 1. The Kier molecular flexibility index (Phi) is 7.37. The van der Waals surface area contributed by atoms with E-state index in [9.17, 15) is 4.79 Å². The molecule has 0 radical (unpaired) electrons. The number of nitrogens with zero attached hydrogens (tertiary/aromatic N) is 1. The predicted molar refractivity (Wildman–Crippen MR) is 101 cm³/mol. The molecule has 2 rings (SSSR count). The van der Waals surface area contributed by atoms with Crippen molar-refractivity contribution in [2.24, 2.45) is 5.92 Å². The Morgan fingerprint density at radius 2 is 2.41 bits per heavy atom. The summed E-state index contributed by atoms with van der Waals surface area (Å²) in [5, 5.41) is 2.14. The average Bonchev–Trinajstić information content (AvgIpc) is 2.94. The summed E-state index contributed by atoms with van der Waals surface area (Å²) in [5.74, 6) is 0.0443. The van der Waals surface area contributed by atoms with E-state index in [1.165, 1.54) is 14.0 Å². The number of carbonyl (C=O) groups excluding carboxylic acids is 1. The van der Waals surface area contributed by atoms with Gasteiger partial charge in [0.2, 0.25) is 0 Å². The molecule has 5 heteroatoms. The Balaban J connectivity index is 1.81. The molecule has 1 aromatic heterocycles. The van der Waals surface area contributed by atoms with Gasteiger partial charge in [-0.2, -0.15) is 0 Å². The highest BCUT2D eigenvalue weighted by Crippen LogP contribution is 2.30. The third-order valence-electron chi connectivity index (χ3n) is 3.97. The largest absolute Gasteiger partial charge is 0.466 e. The van der Waals surface area contributed by atoms with Crippen LogP contribution in [0.25, 0.3) is 3.58 Å². The molecule has 0 bridgehead atoms. The van der Waals surface area contributed by atoms with Crippen LogP contribution in [0.5, 0.6) is 0 Å². The zero-order valence-electron chi connectivity index (χ0n) is 13.3. The normalized spacial score (nSPS) is 20.1. The van der Waals surface area contributed by atoms with Crippen LogP contribution < -0.4 is 0 Å². The standard InChI is InChI=1S/C17H24INO2S/c1-3-21-17(20)14-6-4-9-19(12-14)10-5-7-15(18)16-13(2)8-11-22-16/h7-8,11,14H,3-6,9-10,12H2,1-2H3/b15-7-/t14-/m1/s1. The van der Waals surface area contributed by atoms with E-state index in [2.05, 4.69) is 51.9 Å². The van der Waals surface area contributed by atoms with Gasteiger partial charge in [-0.05, 0) is 79.3 Å². The lowest BCUT2D eigenvalue weighted by Crippen LogP contribution is -2.39.